The van der Waals surface area contributed by atoms with Crippen LogP contribution in [0.25, 0.3) is 0 Å². The van der Waals surface area contributed by atoms with E-state index in [1.54, 1.807) is 12.1 Å². The Hall–Kier alpha value is -0.100. The Morgan fingerprint density at radius 2 is 1.88 bits per heavy atom. The summed E-state index contributed by atoms with van der Waals surface area (Å²) in [5, 5.41) is 0. The molecule has 0 radical (unpaired) electrons. The normalized spacial score (nSPS) is 32.2. The summed E-state index contributed by atoms with van der Waals surface area (Å²) in [5.74, 6) is 1.16. The van der Waals surface area contributed by atoms with Gasteiger partial charge in [-0.05, 0) is 36.8 Å². The molecule has 6 heteroatoms. The molecule has 0 aliphatic heterocycles. The highest BCUT2D eigenvalue weighted by Crippen LogP contribution is 2.50. The monoisotopic (exact) mass is 291 g/mol. The molecule has 3 nitrogen and oxygen atoms in total. The first-order valence-corrected chi connectivity index (χ1v) is 8.53. The van der Waals surface area contributed by atoms with E-state index in [1.165, 1.54) is 25.7 Å². The minimum absolute atomic E-state index is 0.170. The van der Waals surface area contributed by atoms with Gasteiger partial charge in [-0.2, -0.15) is 0 Å². The van der Waals surface area contributed by atoms with Gasteiger partial charge in [0, 0.05) is 6.04 Å². The van der Waals surface area contributed by atoms with Gasteiger partial charge in [-0.15, -0.1) is 11.3 Å². The highest BCUT2D eigenvalue weighted by molar-refractivity contribution is 7.91. The van der Waals surface area contributed by atoms with E-state index in [1.807, 2.05) is 0 Å². The van der Waals surface area contributed by atoms with Crippen LogP contribution in [0.2, 0.25) is 4.34 Å². The average molecular weight is 292 g/mol. The smallest absolute Gasteiger partial charge is 0.207 e. The summed E-state index contributed by atoms with van der Waals surface area (Å²) >= 11 is 6.88. The lowest BCUT2D eigenvalue weighted by Crippen LogP contribution is -2.27. The maximum atomic E-state index is 12.1. The lowest BCUT2D eigenvalue weighted by Gasteiger charge is -2.04. The van der Waals surface area contributed by atoms with Crippen molar-refractivity contribution >= 4 is 33.0 Å². The molecule has 2 saturated carbocycles. The summed E-state index contributed by atoms with van der Waals surface area (Å²) < 4.78 is 27.8. The topological polar surface area (TPSA) is 46.2 Å². The van der Waals surface area contributed by atoms with Crippen LogP contribution < -0.4 is 4.72 Å². The van der Waals surface area contributed by atoms with Crippen molar-refractivity contribution in [2.45, 2.75) is 35.9 Å². The molecule has 0 saturated heterocycles. The highest BCUT2D eigenvalue weighted by atomic mass is 35.5. The number of nitrogens with one attached hydrogen (secondary N) is 1. The SMILES string of the molecule is O=S(=O)(NC1[C@@H]2CCCC[C@@H]12)c1ccc(Cl)s1. The number of hydrogen-bond acceptors (Lipinski definition) is 3. The minimum Gasteiger partial charge on any atom is -0.207 e. The Labute approximate surface area is 110 Å². The minimum atomic E-state index is -3.35. The zero-order chi connectivity index (χ0) is 12.0. The van der Waals surface area contributed by atoms with Crippen molar-refractivity contribution in [2.75, 3.05) is 0 Å². The summed E-state index contributed by atoms with van der Waals surface area (Å²) in [7, 11) is -3.35. The van der Waals surface area contributed by atoms with Crippen LogP contribution in [0.4, 0.5) is 0 Å². The predicted octanol–water partition coefficient (Wildman–Crippen LogP) is 2.87. The number of thiophene rings is 1. The summed E-state index contributed by atoms with van der Waals surface area (Å²) in [4.78, 5) is 0. The Morgan fingerprint density at radius 3 is 2.41 bits per heavy atom. The number of halogens is 1. The van der Waals surface area contributed by atoms with Gasteiger partial charge in [0.1, 0.15) is 4.21 Å². The predicted molar refractivity (Wildman–Crippen MR) is 68.9 cm³/mol. The van der Waals surface area contributed by atoms with Crippen LogP contribution in [0, 0.1) is 11.8 Å². The van der Waals surface area contributed by atoms with Gasteiger partial charge in [0.05, 0.1) is 4.34 Å². The molecule has 94 valence electrons. The second-order valence-electron chi connectivity index (χ2n) is 4.82. The molecule has 2 aliphatic rings. The van der Waals surface area contributed by atoms with Crippen LogP contribution in [0.5, 0.6) is 0 Å². The van der Waals surface area contributed by atoms with Crippen LogP contribution in [0.1, 0.15) is 25.7 Å². The number of sulfonamides is 1. The van der Waals surface area contributed by atoms with Gasteiger partial charge < -0.3 is 0 Å². The largest absolute Gasteiger partial charge is 0.250 e. The lowest BCUT2D eigenvalue weighted by atomic mass is 10.0. The fourth-order valence-corrected chi connectivity index (χ4v) is 5.68. The van der Waals surface area contributed by atoms with Crippen molar-refractivity contribution in [1.82, 2.24) is 4.72 Å². The Balaban J connectivity index is 1.73. The van der Waals surface area contributed by atoms with Crippen molar-refractivity contribution in [3.05, 3.63) is 16.5 Å². The molecular weight excluding hydrogens is 278 g/mol. The fraction of sp³-hybridized carbons (Fsp3) is 0.636. The fourth-order valence-electron chi connectivity index (χ4n) is 2.85. The molecule has 0 spiro atoms. The second kappa shape index (κ2) is 4.23. The summed E-state index contributed by atoms with van der Waals surface area (Å²) in [5.41, 5.74) is 0. The van der Waals surface area contributed by atoms with Gasteiger partial charge in [-0.1, -0.05) is 24.4 Å². The Kier molecular flexibility index (Phi) is 2.97. The molecule has 17 heavy (non-hydrogen) atoms. The van der Waals surface area contributed by atoms with Crippen molar-refractivity contribution in [3.8, 4) is 0 Å². The van der Waals surface area contributed by atoms with E-state index in [9.17, 15) is 8.42 Å². The average Bonchev–Trinajstić information content (AvgIpc) is 2.77. The van der Waals surface area contributed by atoms with Crippen LogP contribution in [0.15, 0.2) is 16.3 Å². The van der Waals surface area contributed by atoms with Crippen LogP contribution in [-0.4, -0.2) is 14.5 Å². The molecule has 0 amide bonds. The van der Waals surface area contributed by atoms with Crippen LogP contribution >= 0.6 is 22.9 Å². The zero-order valence-corrected chi connectivity index (χ0v) is 11.6. The van der Waals surface area contributed by atoms with Crippen molar-refractivity contribution in [3.63, 3.8) is 0 Å². The third-order valence-electron chi connectivity index (χ3n) is 3.76. The van der Waals surface area contributed by atoms with Gasteiger partial charge >= 0.3 is 0 Å². The molecule has 1 aromatic rings. The van der Waals surface area contributed by atoms with E-state index in [2.05, 4.69) is 4.72 Å². The van der Waals surface area contributed by atoms with Crippen LogP contribution in [-0.2, 0) is 10.0 Å². The number of fused-ring (bicyclic) bond motifs is 1. The van der Waals surface area contributed by atoms with Gasteiger partial charge in [-0.25, -0.2) is 13.1 Å². The molecule has 0 bridgehead atoms. The first kappa shape index (κ1) is 12.0. The highest BCUT2D eigenvalue weighted by Gasteiger charge is 2.52. The third kappa shape index (κ3) is 2.26. The quantitative estimate of drug-likeness (QED) is 0.931. The molecule has 2 atom stereocenters. The molecule has 2 aliphatic carbocycles. The molecule has 3 rings (SSSR count). The standard InChI is InChI=1S/C11H14ClNO2S2/c12-9-5-6-10(16-9)17(14,15)13-11-7-3-1-2-4-8(7)11/h5-8,11,13H,1-4H2/t7-,8-/m1/s1. The number of rotatable bonds is 3. The molecule has 1 aromatic heterocycles. The summed E-state index contributed by atoms with van der Waals surface area (Å²) in [6.07, 6.45) is 4.82. The van der Waals surface area contributed by atoms with Crippen molar-refractivity contribution < 1.29 is 8.42 Å². The summed E-state index contributed by atoms with van der Waals surface area (Å²) in [6.45, 7) is 0. The summed E-state index contributed by atoms with van der Waals surface area (Å²) in [6, 6.07) is 3.37. The first-order valence-electron chi connectivity index (χ1n) is 5.85. The van der Waals surface area contributed by atoms with E-state index >= 15 is 0 Å². The van der Waals surface area contributed by atoms with Gasteiger partial charge in [0.15, 0.2) is 0 Å². The van der Waals surface area contributed by atoms with E-state index < -0.39 is 10.0 Å². The second-order valence-corrected chi connectivity index (χ2v) is 8.47. The first-order chi connectivity index (χ1) is 8.08. The van der Waals surface area contributed by atoms with Gasteiger partial charge in [0.25, 0.3) is 0 Å². The number of hydrogen-bond donors (Lipinski definition) is 1. The molecule has 1 N–H and O–H groups in total. The van der Waals surface area contributed by atoms with Crippen molar-refractivity contribution in [1.29, 1.82) is 0 Å². The van der Waals surface area contributed by atoms with Crippen LogP contribution in [0.3, 0.4) is 0 Å². The Morgan fingerprint density at radius 1 is 1.24 bits per heavy atom. The van der Waals surface area contributed by atoms with Gasteiger partial charge in [0.2, 0.25) is 10.0 Å². The Bertz CT molecular complexity index is 513. The van der Waals surface area contributed by atoms with E-state index in [0.717, 1.165) is 11.3 Å². The van der Waals surface area contributed by atoms with Gasteiger partial charge in [-0.3, -0.25) is 0 Å². The molecule has 1 heterocycles. The molecular formula is C11H14ClNO2S2. The van der Waals surface area contributed by atoms with E-state index in [4.69, 9.17) is 11.6 Å². The van der Waals surface area contributed by atoms with E-state index in [0.29, 0.717) is 20.4 Å². The molecule has 0 unspecified atom stereocenters. The van der Waals surface area contributed by atoms with E-state index in [-0.39, 0.29) is 6.04 Å². The maximum absolute atomic E-state index is 12.1. The maximum Gasteiger partial charge on any atom is 0.250 e. The zero-order valence-electron chi connectivity index (χ0n) is 9.23. The third-order valence-corrected chi connectivity index (χ3v) is 6.94. The lowest BCUT2D eigenvalue weighted by molar-refractivity contribution is 0.480. The molecule has 0 aromatic carbocycles. The molecule has 2 fully saturated rings. The van der Waals surface area contributed by atoms with Crippen molar-refractivity contribution in [2.24, 2.45) is 11.8 Å².